The molecule has 0 spiro atoms. The maximum absolute atomic E-state index is 13.9. The number of nitrogens with zero attached hydrogens (tertiary/aromatic N) is 2. The van der Waals surface area contributed by atoms with Gasteiger partial charge in [-0.05, 0) is 54.5 Å². The summed E-state index contributed by atoms with van der Waals surface area (Å²) in [5, 5.41) is 9.68. The Bertz CT molecular complexity index is 1550. The van der Waals surface area contributed by atoms with Crippen LogP contribution < -0.4 is 0 Å². The quantitative estimate of drug-likeness (QED) is 0.288. The molecule has 0 amide bonds. The van der Waals surface area contributed by atoms with E-state index in [0.717, 1.165) is 6.07 Å². The van der Waals surface area contributed by atoms with Crippen LogP contribution >= 0.6 is 0 Å². The van der Waals surface area contributed by atoms with Gasteiger partial charge in [-0.15, -0.1) is 0 Å². The molecule has 4 aromatic rings. The second kappa shape index (κ2) is 9.28. The lowest BCUT2D eigenvalue weighted by molar-refractivity contribution is -0.137. The lowest BCUT2D eigenvalue weighted by atomic mass is 10.1. The molecule has 0 saturated carbocycles. The Hall–Kier alpha value is -4.09. The van der Waals surface area contributed by atoms with Crippen molar-refractivity contribution in [1.29, 1.82) is 5.26 Å². The highest BCUT2D eigenvalue weighted by Gasteiger charge is 2.34. The molecule has 0 aliphatic rings. The number of para-hydroxylation sites is 1. The van der Waals surface area contributed by atoms with Gasteiger partial charge in [-0.25, -0.2) is 8.42 Å². The van der Waals surface area contributed by atoms with Gasteiger partial charge in [0.25, 0.3) is 0 Å². The van der Waals surface area contributed by atoms with Gasteiger partial charge in [-0.3, -0.25) is 0 Å². The number of rotatable bonds is 5. The Morgan fingerprint density at radius 2 is 1.49 bits per heavy atom. The molecule has 176 valence electrons. The minimum atomic E-state index is -4.61. The van der Waals surface area contributed by atoms with Crippen molar-refractivity contribution in [3.05, 3.63) is 113 Å². The first-order valence-electron chi connectivity index (χ1n) is 10.5. The average Bonchev–Trinajstić information content (AvgIpc) is 3.18. The number of hydrogen-bond acceptors (Lipinski definition) is 3. The molecule has 4 rings (SSSR count). The van der Waals surface area contributed by atoms with Crippen LogP contribution in [0.3, 0.4) is 0 Å². The monoisotopic (exact) mass is 492 g/mol. The third-order valence-corrected chi connectivity index (χ3v) is 7.23. The maximum Gasteiger partial charge on any atom is 0.418 e. The van der Waals surface area contributed by atoms with E-state index < -0.39 is 26.5 Å². The SMILES string of the molecule is Cc1c(/C=C(\C#N)S(=O)(=O)c2ccccc2)cc(-c2ccccc2)n1-c1ccccc1C(F)(F)F. The van der Waals surface area contributed by atoms with Gasteiger partial charge in [0, 0.05) is 5.69 Å². The zero-order valence-electron chi connectivity index (χ0n) is 18.5. The Kier molecular flexibility index (Phi) is 6.37. The van der Waals surface area contributed by atoms with E-state index >= 15 is 0 Å². The normalized spacial score (nSPS) is 12.4. The number of alkyl halides is 3. The van der Waals surface area contributed by atoms with E-state index in [-0.39, 0.29) is 10.6 Å². The Labute approximate surface area is 201 Å². The summed E-state index contributed by atoms with van der Waals surface area (Å²) in [6, 6.07) is 24.8. The Morgan fingerprint density at radius 1 is 0.914 bits per heavy atom. The van der Waals surface area contributed by atoms with E-state index in [9.17, 15) is 26.9 Å². The van der Waals surface area contributed by atoms with Crippen LogP contribution in [0.5, 0.6) is 0 Å². The number of hydrogen-bond donors (Lipinski definition) is 0. The first-order valence-corrected chi connectivity index (χ1v) is 12.0. The molecule has 0 fully saturated rings. The summed E-state index contributed by atoms with van der Waals surface area (Å²) in [4.78, 5) is -0.553. The van der Waals surface area contributed by atoms with Gasteiger partial charge in [-0.2, -0.15) is 18.4 Å². The third-order valence-electron chi connectivity index (χ3n) is 5.55. The van der Waals surface area contributed by atoms with Gasteiger partial charge in [0.2, 0.25) is 9.84 Å². The van der Waals surface area contributed by atoms with E-state index in [0.29, 0.717) is 22.5 Å². The lowest BCUT2D eigenvalue weighted by Gasteiger charge is -2.18. The van der Waals surface area contributed by atoms with E-state index in [1.165, 1.54) is 41.0 Å². The van der Waals surface area contributed by atoms with Crippen molar-refractivity contribution < 1.29 is 21.6 Å². The minimum absolute atomic E-state index is 0.0458. The van der Waals surface area contributed by atoms with Gasteiger partial charge in [0.05, 0.1) is 21.8 Å². The van der Waals surface area contributed by atoms with Crippen molar-refractivity contribution >= 4 is 15.9 Å². The summed E-state index contributed by atoms with van der Waals surface area (Å²) < 4.78 is 69.1. The van der Waals surface area contributed by atoms with E-state index in [1.54, 1.807) is 67.6 Å². The van der Waals surface area contributed by atoms with E-state index in [2.05, 4.69) is 0 Å². The van der Waals surface area contributed by atoms with Crippen LogP contribution in [0, 0.1) is 18.3 Å². The van der Waals surface area contributed by atoms with Crippen molar-refractivity contribution in [3.63, 3.8) is 0 Å². The molecule has 3 aromatic carbocycles. The third kappa shape index (κ3) is 4.63. The average molecular weight is 493 g/mol. The Morgan fingerprint density at radius 3 is 2.09 bits per heavy atom. The fourth-order valence-electron chi connectivity index (χ4n) is 3.85. The van der Waals surface area contributed by atoms with Gasteiger partial charge in [0.15, 0.2) is 0 Å². The molecule has 0 aliphatic carbocycles. The number of nitriles is 1. The lowest BCUT2D eigenvalue weighted by Crippen LogP contribution is -2.12. The highest BCUT2D eigenvalue weighted by atomic mass is 32.2. The van der Waals surface area contributed by atoms with Crippen LogP contribution in [0.25, 0.3) is 23.0 Å². The van der Waals surface area contributed by atoms with Gasteiger partial charge in [0.1, 0.15) is 11.0 Å². The number of aromatic nitrogens is 1. The van der Waals surface area contributed by atoms with Gasteiger partial charge in [-0.1, -0.05) is 60.7 Å². The van der Waals surface area contributed by atoms with Crippen LogP contribution in [-0.4, -0.2) is 13.0 Å². The smallest absolute Gasteiger partial charge is 0.313 e. The summed E-state index contributed by atoms with van der Waals surface area (Å²) in [5.74, 6) is 0. The molecule has 1 aromatic heterocycles. The Balaban J connectivity index is 1.99. The van der Waals surface area contributed by atoms with Crippen LogP contribution in [0.2, 0.25) is 0 Å². The minimum Gasteiger partial charge on any atom is -0.313 e. The summed E-state index contributed by atoms with van der Waals surface area (Å²) in [7, 11) is -4.12. The zero-order chi connectivity index (χ0) is 25.2. The maximum atomic E-state index is 13.9. The number of allylic oxidation sites excluding steroid dienone is 1. The summed E-state index contributed by atoms with van der Waals surface area (Å²) >= 11 is 0. The highest BCUT2D eigenvalue weighted by Crippen LogP contribution is 2.38. The molecule has 0 unspecified atom stereocenters. The van der Waals surface area contributed by atoms with Crippen LogP contribution in [0.4, 0.5) is 13.2 Å². The molecule has 0 saturated heterocycles. The summed E-state index contributed by atoms with van der Waals surface area (Å²) in [5.41, 5.74) is 0.815. The van der Waals surface area contributed by atoms with Crippen molar-refractivity contribution in [2.45, 2.75) is 18.0 Å². The van der Waals surface area contributed by atoms with Crippen molar-refractivity contribution in [1.82, 2.24) is 4.57 Å². The fraction of sp³-hybridized carbons (Fsp3) is 0.0741. The van der Waals surface area contributed by atoms with E-state index in [4.69, 9.17) is 0 Å². The number of sulfone groups is 1. The summed E-state index contributed by atoms with van der Waals surface area (Å²) in [6.07, 6.45) is -3.40. The number of benzene rings is 3. The predicted octanol–water partition coefficient (Wildman–Crippen LogP) is 6.81. The molecule has 0 aliphatic heterocycles. The van der Waals surface area contributed by atoms with Crippen molar-refractivity contribution in [3.8, 4) is 23.0 Å². The highest BCUT2D eigenvalue weighted by molar-refractivity contribution is 7.95. The molecule has 0 atom stereocenters. The zero-order valence-corrected chi connectivity index (χ0v) is 19.3. The molecule has 4 nitrogen and oxygen atoms in total. The van der Waals surface area contributed by atoms with Crippen molar-refractivity contribution in [2.75, 3.05) is 0 Å². The molecule has 0 radical (unpaired) electrons. The second-order valence-corrected chi connectivity index (χ2v) is 9.64. The largest absolute Gasteiger partial charge is 0.418 e. The molecule has 0 bridgehead atoms. The van der Waals surface area contributed by atoms with Crippen LogP contribution in [-0.2, 0) is 16.0 Å². The van der Waals surface area contributed by atoms with Gasteiger partial charge >= 0.3 is 6.18 Å². The molecular formula is C27H19F3N2O2S. The van der Waals surface area contributed by atoms with Crippen LogP contribution in [0.15, 0.2) is 101 Å². The topological polar surface area (TPSA) is 62.9 Å². The predicted molar refractivity (Wildman–Crippen MR) is 128 cm³/mol. The first kappa shape index (κ1) is 24.0. The molecule has 8 heteroatoms. The molecule has 1 heterocycles. The van der Waals surface area contributed by atoms with Crippen molar-refractivity contribution in [2.24, 2.45) is 0 Å². The standard InChI is InChI=1S/C27H19F3N2O2S/c1-19-21(16-23(18-31)35(33,34)22-12-6-3-7-13-22)17-26(20-10-4-2-5-11-20)32(19)25-15-9-8-14-24(25)27(28,29)30/h2-17H,1H3/b23-16+. The van der Waals surface area contributed by atoms with Gasteiger partial charge < -0.3 is 4.57 Å². The van der Waals surface area contributed by atoms with Crippen LogP contribution in [0.1, 0.15) is 16.8 Å². The van der Waals surface area contributed by atoms with E-state index in [1.807, 2.05) is 0 Å². The summed E-state index contributed by atoms with van der Waals surface area (Å²) in [6.45, 7) is 1.59. The molecule has 35 heavy (non-hydrogen) atoms. The number of halogens is 3. The second-order valence-electron chi connectivity index (χ2n) is 7.72. The molecule has 0 N–H and O–H groups in total. The molecular weight excluding hydrogens is 473 g/mol. The first-order chi connectivity index (χ1) is 16.6. The fourth-order valence-corrected chi connectivity index (χ4v) is 5.02.